The van der Waals surface area contributed by atoms with Crippen molar-refractivity contribution in [2.24, 2.45) is 0 Å². The molecule has 1 aromatic rings. The summed E-state index contributed by atoms with van der Waals surface area (Å²) in [6.07, 6.45) is 1.38. The summed E-state index contributed by atoms with van der Waals surface area (Å²) < 4.78 is 0. The number of nitriles is 1. The summed E-state index contributed by atoms with van der Waals surface area (Å²) in [5, 5.41) is 14.4. The molecule has 18 heavy (non-hydrogen) atoms. The zero-order chi connectivity index (χ0) is 13.5. The second-order valence-electron chi connectivity index (χ2n) is 4.06. The highest BCUT2D eigenvalue weighted by Crippen LogP contribution is 2.10. The molecule has 1 aromatic carbocycles. The Morgan fingerprint density at radius 3 is 2.50 bits per heavy atom. The minimum Gasteiger partial charge on any atom is -0.399 e. The predicted molar refractivity (Wildman–Crippen MR) is 71.5 cm³/mol. The molecular weight excluding hydrogens is 228 g/mol. The maximum absolute atomic E-state index is 11.6. The molecule has 94 valence electrons. The van der Waals surface area contributed by atoms with Crippen LogP contribution in [0.15, 0.2) is 36.0 Å². The average Bonchev–Trinajstić information content (AvgIpc) is 2.31. The first-order chi connectivity index (χ1) is 8.52. The molecular formula is C13H16N4O. The number of carbonyl (C=O) groups is 1. The lowest BCUT2D eigenvalue weighted by Crippen LogP contribution is -2.31. The van der Waals surface area contributed by atoms with Gasteiger partial charge in [0, 0.05) is 23.6 Å². The molecule has 0 saturated heterocycles. The van der Waals surface area contributed by atoms with Crippen LogP contribution in [0.2, 0.25) is 0 Å². The Kier molecular flexibility index (Phi) is 4.76. The number of carbonyl (C=O) groups excluding carboxylic acids is 1. The number of hydrogen-bond acceptors (Lipinski definition) is 4. The lowest BCUT2D eigenvalue weighted by Gasteiger charge is -2.07. The van der Waals surface area contributed by atoms with E-state index < -0.39 is 5.91 Å². The molecule has 0 heterocycles. The normalized spacial score (nSPS) is 10.9. The highest BCUT2D eigenvalue weighted by molar-refractivity contribution is 5.97. The van der Waals surface area contributed by atoms with Gasteiger partial charge in [0.2, 0.25) is 0 Å². The van der Waals surface area contributed by atoms with Crippen molar-refractivity contribution in [1.29, 1.82) is 5.26 Å². The number of benzene rings is 1. The molecule has 0 radical (unpaired) electrons. The van der Waals surface area contributed by atoms with E-state index in [1.54, 1.807) is 24.3 Å². The third-order valence-electron chi connectivity index (χ3n) is 2.08. The Morgan fingerprint density at radius 1 is 1.39 bits per heavy atom. The van der Waals surface area contributed by atoms with E-state index in [1.807, 2.05) is 19.9 Å². The van der Waals surface area contributed by atoms with Gasteiger partial charge in [-0.05, 0) is 38.1 Å². The van der Waals surface area contributed by atoms with Gasteiger partial charge in [-0.2, -0.15) is 5.26 Å². The SMILES string of the molecule is CC(C)NC(=O)/C(C#N)=C\Nc1ccc(N)cc1. The zero-order valence-electron chi connectivity index (χ0n) is 10.4. The first kappa shape index (κ1) is 13.6. The average molecular weight is 244 g/mol. The van der Waals surface area contributed by atoms with Crippen molar-refractivity contribution >= 4 is 17.3 Å². The second kappa shape index (κ2) is 6.30. The quantitative estimate of drug-likeness (QED) is 0.426. The largest absolute Gasteiger partial charge is 0.399 e. The summed E-state index contributed by atoms with van der Waals surface area (Å²) in [4.78, 5) is 11.6. The van der Waals surface area contributed by atoms with E-state index in [9.17, 15) is 4.79 Å². The fourth-order valence-electron chi connectivity index (χ4n) is 1.22. The van der Waals surface area contributed by atoms with Crippen LogP contribution in [0, 0.1) is 11.3 Å². The number of hydrogen-bond donors (Lipinski definition) is 3. The number of nitrogens with one attached hydrogen (secondary N) is 2. The second-order valence-corrected chi connectivity index (χ2v) is 4.06. The van der Waals surface area contributed by atoms with Crippen LogP contribution in [0.4, 0.5) is 11.4 Å². The van der Waals surface area contributed by atoms with Crippen molar-refractivity contribution in [2.45, 2.75) is 19.9 Å². The van der Waals surface area contributed by atoms with Crippen molar-refractivity contribution in [3.8, 4) is 6.07 Å². The molecule has 0 aromatic heterocycles. The van der Waals surface area contributed by atoms with Crippen molar-refractivity contribution in [1.82, 2.24) is 5.32 Å². The van der Waals surface area contributed by atoms with Gasteiger partial charge in [0.15, 0.2) is 0 Å². The number of rotatable bonds is 4. The fraction of sp³-hybridized carbons (Fsp3) is 0.231. The van der Waals surface area contributed by atoms with Crippen LogP contribution >= 0.6 is 0 Å². The monoisotopic (exact) mass is 244 g/mol. The Morgan fingerprint density at radius 2 is 2.00 bits per heavy atom. The van der Waals surface area contributed by atoms with E-state index in [4.69, 9.17) is 11.0 Å². The number of nitrogens with zero attached hydrogens (tertiary/aromatic N) is 1. The third-order valence-corrected chi connectivity index (χ3v) is 2.08. The maximum atomic E-state index is 11.6. The molecule has 5 nitrogen and oxygen atoms in total. The van der Waals surface area contributed by atoms with Gasteiger partial charge in [-0.15, -0.1) is 0 Å². The van der Waals surface area contributed by atoms with E-state index in [1.165, 1.54) is 6.20 Å². The minimum atomic E-state index is -0.393. The molecule has 0 fully saturated rings. The summed E-state index contributed by atoms with van der Waals surface area (Å²) in [6.45, 7) is 3.67. The molecule has 0 atom stereocenters. The molecule has 1 amide bonds. The molecule has 0 aliphatic rings. The van der Waals surface area contributed by atoms with Gasteiger partial charge in [-0.3, -0.25) is 4.79 Å². The van der Waals surface area contributed by atoms with Gasteiger partial charge in [0.1, 0.15) is 11.6 Å². The van der Waals surface area contributed by atoms with E-state index >= 15 is 0 Å². The molecule has 0 saturated carbocycles. The molecule has 4 N–H and O–H groups in total. The summed E-state index contributed by atoms with van der Waals surface area (Å²) in [5.41, 5.74) is 6.99. The Balaban J connectivity index is 2.72. The van der Waals surface area contributed by atoms with Gasteiger partial charge in [0.05, 0.1) is 0 Å². The van der Waals surface area contributed by atoms with Crippen molar-refractivity contribution in [2.75, 3.05) is 11.1 Å². The van der Waals surface area contributed by atoms with E-state index in [0.29, 0.717) is 5.69 Å². The van der Waals surface area contributed by atoms with Gasteiger partial charge in [-0.1, -0.05) is 0 Å². The highest BCUT2D eigenvalue weighted by atomic mass is 16.1. The first-order valence-electron chi connectivity index (χ1n) is 5.56. The van der Waals surface area contributed by atoms with Crippen molar-refractivity contribution in [3.05, 3.63) is 36.0 Å². The molecule has 0 aliphatic heterocycles. The van der Waals surface area contributed by atoms with Crippen molar-refractivity contribution in [3.63, 3.8) is 0 Å². The summed E-state index contributed by atoms with van der Waals surface area (Å²) >= 11 is 0. The Labute approximate surface area is 106 Å². The lowest BCUT2D eigenvalue weighted by atomic mass is 10.2. The van der Waals surface area contributed by atoms with Gasteiger partial charge in [-0.25, -0.2) is 0 Å². The predicted octanol–water partition coefficient (Wildman–Crippen LogP) is 1.61. The molecule has 1 rings (SSSR count). The van der Waals surface area contributed by atoms with Gasteiger partial charge in [0.25, 0.3) is 5.91 Å². The summed E-state index contributed by atoms with van der Waals surface area (Å²) in [5.74, 6) is -0.393. The number of anilines is 2. The standard InChI is InChI=1S/C13H16N4O/c1-9(2)17-13(18)10(7-14)8-16-12-5-3-11(15)4-6-12/h3-6,8-9,16H,15H2,1-2H3,(H,17,18)/b10-8-. The van der Waals surface area contributed by atoms with Crippen LogP contribution in [-0.2, 0) is 4.79 Å². The lowest BCUT2D eigenvalue weighted by molar-refractivity contribution is -0.117. The maximum Gasteiger partial charge on any atom is 0.263 e. The Hall–Kier alpha value is -2.48. The van der Waals surface area contributed by atoms with Crippen LogP contribution in [0.25, 0.3) is 0 Å². The summed E-state index contributed by atoms with van der Waals surface area (Å²) in [7, 11) is 0. The smallest absolute Gasteiger partial charge is 0.263 e. The van der Waals surface area contributed by atoms with Crippen LogP contribution in [0.5, 0.6) is 0 Å². The number of nitrogens with two attached hydrogens (primary N) is 1. The third kappa shape index (κ3) is 4.18. The van der Waals surface area contributed by atoms with E-state index in [0.717, 1.165) is 5.69 Å². The van der Waals surface area contributed by atoms with E-state index in [-0.39, 0.29) is 11.6 Å². The minimum absolute atomic E-state index is 0.00854. The van der Waals surface area contributed by atoms with E-state index in [2.05, 4.69) is 10.6 Å². The first-order valence-corrected chi connectivity index (χ1v) is 5.56. The molecule has 0 spiro atoms. The van der Waals surface area contributed by atoms with Gasteiger partial charge < -0.3 is 16.4 Å². The molecule has 5 heteroatoms. The number of nitrogen functional groups attached to an aromatic ring is 1. The topological polar surface area (TPSA) is 90.9 Å². The molecule has 0 aliphatic carbocycles. The fourth-order valence-corrected chi connectivity index (χ4v) is 1.22. The van der Waals surface area contributed by atoms with Crippen LogP contribution in [-0.4, -0.2) is 11.9 Å². The molecule has 0 unspecified atom stereocenters. The molecule has 0 bridgehead atoms. The number of amides is 1. The Bertz CT molecular complexity index is 483. The van der Waals surface area contributed by atoms with Crippen LogP contribution < -0.4 is 16.4 Å². The summed E-state index contributed by atoms with van der Waals surface area (Å²) in [6, 6.07) is 8.84. The van der Waals surface area contributed by atoms with Gasteiger partial charge >= 0.3 is 0 Å². The zero-order valence-corrected chi connectivity index (χ0v) is 10.4. The van der Waals surface area contributed by atoms with Crippen molar-refractivity contribution < 1.29 is 4.79 Å². The van der Waals surface area contributed by atoms with Crippen LogP contribution in [0.1, 0.15) is 13.8 Å². The highest BCUT2D eigenvalue weighted by Gasteiger charge is 2.09. The van der Waals surface area contributed by atoms with Crippen LogP contribution in [0.3, 0.4) is 0 Å².